The van der Waals surface area contributed by atoms with Crippen molar-refractivity contribution in [3.8, 4) is 0 Å². The molecule has 0 radical (unpaired) electrons. The van der Waals surface area contributed by atoms with E-state index in [1.807, 2.05) is 0 Å². The quantitative estimate of drug-likeness (QED) is 0.881. The lowest BCUT2D eigenvalue weighted by atomic mass is 9.99. The number of aryl methyl sites for hydroxylation is 1. The fourth-order valence-electron chi connectivity index (χ4n) is 3.57. The van der Waals surface area contributed by atoms with Crippen LogP contribution in [0, 0.1) is 5.92 Å². The molecule has 1 aliphatic carbocycles. The van der Waals surface area contributed by atoms with Crippen molar-refractivity contribution in [1.29, 1.82) is 0 Å². The molecule has 2 heteroatoms. The zero-order valence-corrected chi connectivity index (χ0v) is 12.9. The first-order valence-corrected chi connectivity index (χ1v) is 8.41. The summed E-state index contributed by atoms with van der Waals surface area (Å²) in [4.78, 5) is 2.70. The van der Waals surface area contributed by atoms with E-state index in [0.29, 0.717) is 12.1 Å². The molecular formula is C18H28N2. The summed E-state index contributed by atoms with van der Waals surface area (Å²) in [5.74, 6) is 0.939. The Labute approximate surface area is 123 Å². The smallest absolute Gasteiger partial charge is 0.0412 e. The highest BCUT2D eigenvalue weighted by atomic mass is 15.2. The molecule has 0 amide bonds. The van der Waals surface area contributed by atoms with Crippen LogP contribution in [0.3, 0.4) is 0 Å². The third kappa shape index (κ3) is 2.85. The van der Waals surface area contributed by atoms with Gasteiger partial charge < -0.3 is 10.2 Å². The molecule has 110 valence electrons. The molecule has 1 aromatic rings. The van der Waals surface area contributed by atoms with Crippen LogP contribution in [0.2, 0.25) is 0 Å². The molecule has 1 N–H and O–H groups in total. The molecule has 0 aromatic heterocycles. The second-order valence-corrected chi connectivity index (χ2v) is 6.45. The molecule has 2 fully saturated rings. The summed E-state index contributed by atoms with van der Waals surface area (Å²) in [5.41, 5.74) is 3.03. The molecule has 2 aliphatic rings. The predicted octanol–water partition coefficient (Wildman–Crippen LogP) is 3.61. The summed E-state index contributed by atoms with van der Waals surface area (Å²) >= 11 is 0. The van der Waals surface area contributed by atoms with E-state index in [0.717, 1.165) is 12.5 Å². The van der Waals surface area contributed by atoms with E-state index in [-0.39, 0.29) is 0 Å². The van der Waals surface area contributed by atoms with Crippen LogP contribution >= 0.6 is 0 Å². The van der Waals surface area contributed by atoms with Crippen LogP contribution < -0.4 is 10.2 Å². The first kappa shape index (κ1) is 13.9. The number of rotatable bonds is 5. The maximum Gasteiger partial charge on any atom is 0.0412 e. The van der Waals surface area contributed by atoms with E-state index in [4.69, 9.17) is 0 Å². The Morgan fingerprint density at radius 3 is 2.70 bits per heavy atom. The van der Waals surface area contributed by atoms with E-state index < -0.39 is 0 Å². The molecule has 2 nitrogen and oxygen atoms in total. The Hall–Kier alpha value is -1.02. The molecule has 0 bridgehead atoms. The zero-order chi connectivity index (χ0) is 13.9. The first-order chi connectivity index (χ1) is 9.83. The second kappa shape index (κ2) is 6.17. The average Bonchev–Trinajstić information content (AvgIpc) is 3.32. The lowest BCUT2D eigenvalue weighted by Crippen LogP contribution is -2.57. The van der Waals surface area contributed by atoms with Crippen molar-refractivity contribution in [2.24, 2.45) is 5.92 Å². The normalized spacial score (nSPS) is 26.8. The molecule has 20 heavy (non-hydrogen) atoms. The van der Waals surface area contributed by atoms with Crippen molar-refractivity contribution in [2.75, 3.05) is 18.0 Å². The first-order valence-electron chi connectivity index (χ1n) is 8.41. The summed E-state index contributed by atoms with van der Waals surface area (Å²) in [6, 6.07) is 10.4. The molecule has 1 aromatic carbocycles. The summed E-state index contributed by atoms with van der Waals surface area (Å²) in [5, 5.41) is 3.79. The minimum atomic E-state index is 0.656. The van der Waals surface area contributed by atoms with Gasteiger partial charge in [-0.1, -0.05) is 38.5 Å². The van der Waals surface area contributed by atoms with Crippen molar-refractivity contribution in [1.82, 2.24) is 5.32 Å². The molecule has 1 heterocycles. The van der Waals surface area contributed by atoms with Gasteiger partial charge in [0.15, 0.2) is 0 Å². The molecule has 1 aliphatic heterocycles. The number of para-hydroxylation sites is 1. The third-order valence-electron chi connectivity index (χ3n) is 4.93. The Morgan fingerprint density at radius 1 is 1.20 bits per heavy atom. The Morgan fingerprint density at radius 2 is 2.00 bits per heavy atom. The maximum absolute atomic E-state index is 3.79. The van der Waals surface area contributed by atoms with Crippen LogP contribution in [-0.4, -0.2) is 25.2 Å². The van der Waals surface area contributed by atoms with Gasteiger partial charge in [-0.25, -0.2) is 0 Å². The van der Waals surface area contributed by atoms with Gasteiger partial charge in [0, 0.05) is 30.9 Å². The Balaban J connectivity index is 1.84. The monoisotopic (exact) mass is 272 g/mol. The average molecular weight is 272 g/mol. The van der Waals surface area contributed by atoms with Gasteiger partial charge in [0.2, 0.25) is 0 Å². The van der Waals surface area contributed by atoms with Gasteiger partial charge in [0.1, 0.15) is 0 Å². The van der Waals surface area contributed by atoms with E-state index >= 15 is 0 Å². The summed E-state index contributed by atoms with van der Waals surface area (Å²) in [7, 11) is 0. The van der Waals surface area contributed by atoms with Gasteiger partial charge in [0.25, 0.3) is 0 Å². The fourth-order valence-corrected chi connectivity index (χ4v) is 3.57. The molecular weight excluding hydrogens is 244 g/mol. The van der Waals surface area contributed by atoms with Crippen LogP contribution in [0.25, 0.3) is 0 Å². The standard InChI is InChI=1S/C18H28N2/c1-3-7-15-8-5-6-9-18(15)20-13-17(14-10-11-14)19-12-16(20)4-2/h5-6,8-9,14,16-17,19H,3-4,7,10-13H2,1-2H3. The highest BCUT2D eigenvalue weighted by molar-refractivity contribution is 5.55. The van der Waals surface area contributed by atoms with Gasteiger partial charge in [-0.2, -0.15) is 0 Å². The fraction of sp³-hybridized carbons (Fsp3) is 0.667. The van der Waals surface area contributed by atoms with Gasteiger partial charge in [-0.3, -0.25) is 0 Å². The molecule has 1 saturated carbocycles. The van der Waals surface area contributed by atoms with Crippen LogP contribution in [-0.2, 0) is 6.42 Å². The van der Waals surface area contributed by atoms with Crippen molar-refractivity contribution in [2.45, 2.75) is 58.0 Å². The summed E-state index contributed by atoms with van der Waals surface area (Å²) < 4.78 is 0. The molecule has 3 rings (SSSR count). The van der Waals surface area contributed by atoms with Crippen LogP contribution in [0.5, 0.6) is 0 Å². The zero-order valence-electron chi connectivity index (χ0n) is 12.9. The Bertz CT molecular complexity index is 439. The van der Waals surface area contributed by atoms with Crippen LogP contribution in [0.4, 0.5) is 5.69 Å². The number of hydrogen-bond donors (Lipinski definition) is 1. The molecule has 2 unspecified atom stereocenters. The highest BCUT2D eigenvalue weighted by Crippen LogP contribution is 2.36. The van der Waals surface area contributed by atoms with Crippen molar-refractivity contribution in [3.05, 3.63) is 29.8 Å². The van der Waals surface area contributed by atoms with E-state index in [1.54, 1.807) is 0 Å². The predicted molar refractivity (Wildman–Crippen MR) is 86.4 cm³/mol. The largest absolute Gasteiger partial charge is 0.365 e. The number of anilines is 1. The third-order valence-corrected chi connectivity index (χ3v) is 4.93. The van der Waals surface area contributed by atoms with Crippen molar-refractivity contribution in [3.63, 3.8) is 0 Å². The SMILES string of the molecule is CCCc1ccccc1N1CC(C2CC2)NCC1CC. The van der Waals surface area contributed by atoms with Crippen molar-refractivity contribution >= 4 is 5.69 Å². The van der Waals surface area contributed by atoms with Gasteiger partial charge >= 0.3 is 0 Å². The molecule has 0 spiro atoms. The lowest BCUT2D eigenvalue weighted by Gasteiger charge is -2.43. The maximum atomic E-state index is 3.79. The number of hydrogen-bond acceptors (Lipinski definition) is 2. The van der Waals surface area contributed by atoms with E-state index in [9.17, 15) is 0 Å². The lowest BCUT2D eigenvalue weighted by molar-refractivity contribution is 0.359. The van der Waals surface area contributed by atoms with Crippen molar-refractivity contribution < 1.29 is 0 Å². The Kier molecular flexibility index (Phi) is 4.30. The van der Waals surface area contributed by atoms with Crippen LogP contribution in [0.15, 0.2) is 24.3 Å². The van der Waals surface area contributed by atoms with Gasteiger partial charge in [0.05, 0.1) is 0 Å². The second-order valence-electron chi connectivity index (χ2n) is 6.45. The number of piperazine rings is 1. The summed E-state index contributed by atoms with van der Waals surface area (Å²) in [6.45, 7) is 6.94. The number of nitrogens with one attached hydrogen (secondary N) is 1. The summed E-state index contributed by atoms with van der Waals surface area (Å²) in [6.07, 6.45) is 6.51. The van der Waals surface area contributed by atoms with E-state index in [1.165, 1.54) is 49.9 Å². The minimum absolute atomic E-state index is 0.656. The van der Waals surface area contributed by atoms with Crippen LogP contribution in [0.1, 0.15) is 45.1 Å². The minimum Gasteiger partial charge on any atom is -0.365 e. The molecule has 2 atom stereocenters. The van der Waals surface area contributed by atoms with Gasteiger partial charge in [-0.15, -0.1) is 0 Å². The molecule has 1 saturated heterocycles. The number of benzene rings is 1. The topological polar surface area (TPSA) is 15.3 Å². The number of nitrogens with zero attached hydrogens (tertiary/aromatic N) is 1. The van der Waals surface area contributed by atoms with E-state index in [2.05, 4.69) is 48.3 Å². The van der Waals surface area contributed by atoms with Gasteiger partial charge in [-0.05, 0) is 43.2 Å². The highest BCUT2D eigenvalue weighted by Gasteiger charge is 2.37.